The molecule has 1 fully saturated rings. The van der Waals surface area contributed by atoms with Crippen LogP contribution in [-0.4, -0.2) is 40.1 Å². The van der Waals surface area contributed by atoms with Gasteiger partial charge in [0.1, 0.15) is 6.10 Å². The highest BCUT2D eigenvalue weighted by Crippen LogP contribution is 2.23. The molecule has 2 rings (SSSR count). The van der Waals surface area contributed by atoms with Crippen molar-refractivity contribution in [1.29, 1.82) is 0 Å². The molecule has 0 unspecified atom stereocenters. The quantitative estimate of drug-likeness (QED) is 0.825. The van der Waals surface area contributed by atoms with Crippen LogP contribution < -0.4 is 0 Å². The Morgan fingerprint density at radius 2 is 2.00 bits per heavy atom. The van der Waals surface area contributed by atoms with Crippen LogP contribution in [0.25, 0.3) is 0 Å². The lowest BCUT2D eigenvalue weighted by Crippen LogP contribution is -2.48. The average molecular weight is 317 g/mol. The molecule has 4 atom stereocenters. The van der Waals surface area contributed by atoms with Crippen molar-refractivity contribution in [2.75, 3.05) is 5.33 Å². The maximum Gasteiger partial charge on any atom is 0.181 e. The lowest BCUT2D eigenvalue weighted by Gasteiger charge is -2.36. The van der Waals surface area contributed by atoms with E-state index < -0.39 is 12.4 Å². The number of benzene rings is 1. The molecule has 1 aromatic carbocycles. The molecular formula is C13H17BrO4. The molecule has 4 nitrogen and oxygen atoms in total. The monoisotopic (exact) mass is 316 g/mol. The van der Waals surface area contributed by atoms with Crippen molar-refractivity contribution < 1.29 is 19.7 Å². The van der Waals surface area contributed by atoms with Crippen LogP contribution in [0, 0.1) is 0 Å². The first kappa shape index (κ1) is 14.0. The Morgan fingerprint density at radius 1 is 1.28 bits per heavy atom. The van der Waals surface area contributed by atoms with Crippen molar-refractivity contribution in [3.8, 4) is 0 Å². The maximum atomic E-state index is 9.59. The molecule has 2 N–H and O–H groups in total. The van der Waals surface area contributed by atoms with Gasteiger partial charge >= 0.3 is 0 Å². The van der Waals surface area contributed by atoms with E-state index in [0.717, 1.165) is 5.56 Å². The van der Waals surface area contributed by atoms with Crippen LogP contribution >= 0.6 is 15.9 Å². The van der Waals surface area contributed by atoms with Gasteiger partial charge in [0.25, 0.3) is 0 Å². The summed E-state index contributed by atoms with van der Waals surface area (Å²) in [5, 5.41) is 19.6. The zero-order chi connectivity index (χ0) is 13.0. The zero-order valence-corrected chi connectivity index (χ0v) is 11.5. The highest BCUT2D eigenvalue weighted by molar-refractivity contribution is 9.09. The van der Waals surface area contributed by atoms with Gasteiger partial charge in [-0.2, -0.15) is 0 Å². The van der Waals surface area contributed by atoms with Gasteiger partial charge in [-0.15, -0.1) is 0 Å². The molecule has 1 aliphatic rings. The maximum absolute atomic E-state index is 9.59. The van der Waals surface area contributed by atoms with Crippen LogP contribution in [-0.2, 0) is 16.1 Å². The first-order chi connectivity index (χ1) is 8.70. The minimum Gasteiger partial charge on any atom is -0.388 e. The normalized spacial score (nSPS) is 32.4. The molecule has 5 heteroatoms. The summed E-state index contributed by atoms with van der Waals surface area (Å²) in [7, 11) is 0. The largest absolute Gasteiger partial charge is 0.388 e. The van der Waals surface area contributed by atoms with Gasteiger partial charge in [0.15, 0.2) is 6.29 Å². The summed E-state index contributed by atoms with van der Waals surface area (Å²) in [6.45, 7) is 0.473. The van der Waals surface area contributed by atoms with E-state index in [2.05, 4.69) is 15.9 Å². The molecule has 1 heterocycles. The Morgan fingerprint density at radius 3 is 2.67 bits per heavy atom. The van der Waals surface area contributed by atoms with E-state index in [1.165, 1.54) is 0 Å². The average Bonchev–Trinajstić information content (AvgIpc) is 2.41. The lowest BCUT2D eigenvalue weighted by atomic mass is 10.0. The second-order valence-electron chi connectivity index (χ2n) is 4.36. The van der Waals surface area contributed by atoms with Crippen molar-refractivity contribution in [3.05, 3.63) is 35.9 Å². The number of ether oxygens (including phenoxy) is 2. The SMILES string of the molecule is O[C@@H]1C[C@H](OCc2ccccc2)[C@@H](CBr)O[C@H]1O. The number of aliphatic hydroxyl groups excluding tert-OH is 2. The fraction of sp³-hybridized carbons (Fsp3) is 0.538. The van der Waals surface area contributed by atoms with E-state index in [1.54, 1.807) is 0 Å². The Bertz CT molecular complexity index is 359. The van der Waals surface area contributed by atoms with Gasteiger partial charge in [-0.05, 0) is 5.56 Å². The van der Waals surface area contributed by atoms with Crippen molar-refractivity contribution in [3.63, 3.8) is 0 Å². The number of alkyl halides is 1. The summed E-state index contributed by atoms with van der Waals surface area (Å²) in [6, 6.07) is 9.83. The minimum atomic E-state index is -1.12. The van der Waals surface area contributed by atoms with Crippen LogP contribution in [0.5, 0.6) is 0 Å². The molecule has 0 spiro atoms. The Balaban J connectivity index is 1.91. The van der Waals surface area contributed by atoms with Crippen LogP contribution in [0.2, 0.25) is 0 Å². The van der Waals surface area contributed by atoms with Crippen molar-refractivity contribution >= 4 is 15.9 Å². The van der Waals surface area contributed by atoms with Crippen molar-refractivity contribution in [2.24, 2.45) is 0 Å². The van der Waals surface area contributed by atoms with Crippen LogP contribution in [0.3, 0.4) is 0 Å². The summed E-state index contributed by atoms with van der Waals surface area (Å²) in [5.74, 6) is 0. The topological polar surface area (TPSA) is 58.9 Å². The van der Waals surface area contributed by atoms with Gasteiger partial charge in [-0.1, -0.05) is 46.3 Å². The van der Waals surface area contributed by atoms with E-state index >= 15 is 0 Å². The summed E-state index contributed by atoms with van der Waals surface area (Å²) >= 11 is 3.33. The molecule has 0 aromatic heterocycles. The molecule has 1 aliphatic heterocycles. The number of hydrogen-bond donors (Lipinski definition) is 2. The van der Waals surface area contributed by atoms with Gasteiger partial charge in [0.2, 0.25) is 0 Å². The van der Waals surface area contributed by atoms with Gasteiger partial charge in [-0.3, -0.25) is 0 Å². The Hall–Kier alpha value is -0.460. The summed E-state index contributed by atoms with van der Waals surface area (Å²) in [5.41, 5.74) is 1.08. The fourth-order valence-electron chi connectivity index (χ4n) is 1.95. The smallest absolute Gasteiger partial charge is 0.181 e. The number of halogens is 1. The van der Waals surface area contributed by atoms with E-state index in [0.29, 0.717) is 18.4 Å². The summed E-state index contributed by atoms with van der Waals surface area (Å²) in [6.07, 6.45) is -2.09. The van der Waals surface area contributed by atoms with E-state index in [-0.39, 0.29) is 12.2 Å². The number of rotatable bonds is 4. The molecule has 0 radical (unpaired) electrons. The molecule has 1 aromatic rings. The first-order valence-electron chi connectivity index (χ1n) is 5.94. The van der Waals surface area contributed by atoms with Gasteiger partial charge in [0.05, 0.1) is 18.8 Å². The molecular weight excluding hydrogens is 300 g/mol. The Labute approximate surface area is 115 Å². The predicted molar refractivity (Wildman–Crippen MR) is 70.3 cm³/mol. The number of aliphatic hydroxyl groups is 2. The highest BCUT2D eigenvalue weighted by atomic mass is 79.9. The molecule has 0 aliphatic carbocycles. The second kappa shape index (κ2) is 6.63. The summed E-state index contributed by atoms with van der Waals surface area (Å²) < 4.78 is 11.0. The van der Waals surface area contributed by atoms with E-state index in [4.69, 9.17) is 9.47 Å². The van der Waals surface area contributed by atoms with Crippen LogP contribution in [0.1, 0.15) is 12.0 Å². The molecule has 18 heavy (non-hydrogen) atoms. The molecule has 0 bridgehead atoms. The summed E-state index contributed by atoms with van der Waals surface area (Å²) in [4.78, 5) is 0. The third-order valence-corrected chi connectivity index (χ3v) is 3.63. The van der Waals surface area contributed by atoms with Gasteiger partial charge in [0, 0.05) is 11.8 Å². The fourth-order valence-corrected chi connectivity index (χ4v) is 2.52. The first-order valence-corrected chi connectivity index (χ1v) is 7.06. The lowest BCUT2D eigenvalue weighted by molar-refractivity contribution is -0.248. The van der Waals surface area contributed by atoms with Crippen LogP contribution in [0.4, 0.5) is 0 Å². The third-order valence-electron chi connectivity index (χ3n) is 2.99. The third kappa shape index (κ3) is 3.52. The molecule has 1 saturated heterocycles. The molecule has 0 amide bonds. The molecule has 100 valence electrons. The molecule has 0 saturated carbocycles. The van der Waals surface area contributed by atoms with E-state index in [9.17, 15) is 10.2 Å². The minimum absolute atomic E-state index is 0.219. The van der Waals surface area contributed by atoms with Crippen molar-refractivity contribution in [1.82, 2.24) is 0 Å². The van der Waals surface area contributed by atoms with Crippen molar-refractivity contribution in [2.45, 2.75) is 37.6 Å². The standard InChI is InChI=1S/C13H17BrO4/c14-7-12-11(6-10(15)13(16)18-12)17-8-9-4-2-1-3-5-9/h1-5,10-13,15-16H,6-8H2/t10-,11+,12-,13-/m1/s1. The van der Waals surface area contributed by atoms with Gasteiger partial charge in [-0.25, -0.2) is 0 Å². The van der Waals surface area contributed by atoms with Gasteiger partial charge < -0.3 is 19.7 Å². The second-order valence-corrected chi connectivity index (χ2v) is 5.00. The predicted octanol–water partition coefficient (Wildman–Crippen LogP) is 1.43. The van der Waals surface area contributed by atoms with Crippen LogP contribution in [0.15, 0.2) is 30.3 Å². The number of hydrogen-bond acceptors (Lipinski definition) is 4. The zero-order valence-electron chi connectivity index (χ0n) is 9.91. The highest BCUT2D eigenvalue weighted by Gasteiger charge is 2.36. The van der Waals surface area contributed by atoms with E-state index in [1.807, 2.05) is 30.3 Å². The Kier molecular flexibility index (Phi) is 5.14.